The molecule has 0 amide bonds. The van der Waals surface area contributed by atoms with Gasteiger partial charge in [0.05, 0.1) is 18.6 Å². The fourth-order valence-corrected chi connectivity index (χ4v) is 5.61. The fourth-order valence-electron chi connectivity index (χ4n) is 4.03. The van der Waals surface area contributed by atoms with Gasteiger partial charge in [-0.15, -0.1) is 0 Å². The minimum absolute atomic E-state index is 0.154. The Bertz CT molecular complexity index is 1240. The minimum Gasteiger partial charge on any atom is -0.468 e. The summed E-state index contributed by atoms with van der Waals surface area (Å²) in [6.45, 7) is 5.61. The average Bonchev–Trinajstić information content (AvgIpc) is 3.37. The van der Waals surface area contributed by atoms with E-state index in [2.05, 4.69) is 41.8 Å². The molecule has 0 atom stereocenters. The molecule has 0 fully saturated rings. The molecule has 0 radical (unpaired) electrons. The van der Waals surface area contributed by atoms with Crippen LogP contribution in [0.3, 0.4) is 0 Å². The predicted octanol–water partition coefficient (Wildman–Crippen LogP) is 5.54. The Morgan fingerprint density at radius 1 is 0.933 bits per heavy atom. The average molecular weight is 425 g/mol. The fraction of sp³-hybridized carbons (Fsp3) is 0.333. The number of fused-ring (bicyclic) bond motifs is 3. The molecule has 0 spiro atoms. The van der Waals surface area contributed by atoms with Crippen molar-refractivity contribution in [2.45, 2.75) is 46.3 Å². The molecule has 4 rings (SSSR count). The predicted molar refractivity (Wildman–Crippen MR) is 122 cm³/mol. The smallest absolute Gasteiger partial charge is 0.214 e. The summed E-state index contributed by atoms with van der Waals surface area (Å²) >= 11 is 0. The third kappa shape index (κ3) is 4.02. The molecule has 0 saturated heterocycles. The number of benzene rings is 2. The second-order valence-electron chi connectivity index (χ2n) is 7.63. The molecule has 2 aromatic heterocycles. The zero-order valence-electron chi connectivity index (χ0n) is 17.5. The standard InChI is InChI=1S/C24H28N2O3S/c1-3-5-15-30(27,28)25(18-20-9-8-14-29-20)17-19-12-13-24-22(16-19)21-10-6-7-11-23(21)26(24)4-2/h6-14,16H,3-5,15,17-18H2,1-2H3. The van der Waals surface area contributed by atoms with Crippen LogP contribution in [0.15, 0.2) is 65.3 Å². The molecule has 0 aliphatic rings. The largest absolute Gasteiger partial charge is 0.468 e. The van der Waals surface area contributed by atoms with Gasteiger partial charge < -0.3 is 8.98 Å². The summed E-state index contributed by atoms with van der Waals surface area (Å²) in [5.41, 5.74) is 3.36. The number of hydrogen-bond donors (Lipinski definition) is 0. The zero-order valence-corrected chi connectivity index (χ0v) is 18.4. The third-order valence-corrected chi connectivity index (χ3v) is 7.42. The number of hydrogen-bond acceptors (Lipinski definition) is 3. The molecule has 2 aromatic carbocycles. The van der Waals surface area contributed by atoms with Crippen molar-refractivity contribution < 1.29 is 12.8 Å². The second-order valence-corrected chi connectivity index (χ2v) is 9.72. The molecular formula is C24H28N2O3S. The van der Waals surface area contributed by atoms with Gasteiger partial charge in [-0.1, -0.05) is 37.6 Å². The summed E-state index contributed by atoms with van der Waals surface area (Å²) < 4.78 is 35.3. The van der Waals surface area contributed by atoms with Crippen LogP contribution in [0.25, 0.3) is 21.8 Å². The van der Waals surface area contributed by atoms with Gasteiger partial charge in [0.15, 0.2) is 0 Å². The van der Waals surface area contributed by atoms with Gasteiger partial charge in [0.2, 0.25) is 10.0 Å². The van der Waals surface area contributed by atoms with Crippen molar-refractivity contribution in [3.63, 3.8) is 0 Å². The van der Waals surface area contributed by atoms with Crippen LogP contribution in [0.2, 0.25) is 0 Å². The first-order valence-electron chi connectivity index (χ1n) is 10.5. The normalized spacial score (nSPS) is 12.4. The first-order chi connectivity index (χ1) is 14.5. The maximum atomic E-state index is 13.0. The summed E-state index contributed by atoms with van der Waals surface area (Å²) in [4.78, 5) is 0. The highest BCUT2D eigenvalue weighted by molar-refractivity contribution is 7.89. The molecule has 2 heterocycles. The van der Waals surface area contributed by atoms with E-state index in [4.69, 9.17) is 4.42 Å². The first-order valence-corrected chi connectivity index (χ1v) is 12.1. The number of unbranched alkanes of at least 4 members (excludes halogenated alkanes) is 1. The topological polar surface area (TPSA) is 55.5 Å². The molecule has 5 nitrogen and oxygen atoms in total. The molecule has 158 valence electrons. The number of sulfonamides is 1. The van der Waals surface area contributed by atoms with Gasteiger partial charge in [0.1, 0.15) is 5.76 Å². The van der Waals surface area contributed by atoms with Gasteiger partial charge in [0, 0.05) is 34.9 Å². The molecule has 30 heavy (non-hydrogen) atoms. The Kier molecular flexibility index (Phi) is 5.97. The molecule has 0 bridgehead atoms. The second kappa shape index (κ2) is 8.66. The maximum absolute atomic E-state index is 13.0. The van der Waals surface area contributed by atoms with Crippen LogP contribution >= 0.6 is 0 Å². The van der Waals surface area contributed by atoms with Gasteiger partial charge >= 0.3 is 0 Å². The summed E-state index contributed by atoms with van der Waals surface area (Å²) in [6.07, 6.45) is 3.08. The Labute approximate surface area is 178 Å². The van der Waals surface area contributed by atoms with E-state index in [9.17, 15) is 8.42 Å². The van der Waals surface area contributed by atoms with E-state index in [1.807, 2.05) is 25.1 Å². The van der Waals surface area contributed by atoms with Gasteiger partial charge in [-0.3, -0.25) is 0 Å². The molecule has 0 aliphatic carbocycles. The van der Waals surface area contributed by atoms with Crippen LogP contribution in [0.1, 0.15) is 38.0 Å². The van der Waals surface area contributed by atoms with Crippen molar-refractivity contribution in [3.05, 3.63) is 72.2 Å². The highest BCUT2D eigenvalue weighted by atomic mass is 32.2. The van der Waals surface area contributed by atoms with Crippen molar-refractivity contribution in [3.8, 4) is 0 Å². The number of aromatic nitrogens is 1. The van der Waals surface area contributed by atoms with E-state index in [0.29, 0.717) is 18.7 Å². The lowest BCUT2D eigenvalue weighted by molar-refractivity contribution is 0.358. The number of furan rings is 1. The Morgan fingerprint density at radius 3 is 2.47 bits per heavy atom. The van der Waals surface area contributed by atoms with E-state index in [-0.39, 0.29) is 12.3 Å². The van der Waals surface area contributed by atoms with Gasteiger partial charge in [-0.2, -0.15) is 4.31 Å². The number of aryl methyl sites for hydroxylation is 1. The van der Waals surface area contributed by atoms with Crippen molar-refractivity contribution in [1.29, 1.82) is 0 Å². The highest BCUT2D eigenvalue weighted by Gasteiger charge is 2.23. The van der Waals surface area contributed by atoms with E-state index in [0.717, 1.165) is 23.9 Å². The summed E-state index contributed by atoms with van der Waals surface area (Å²) in [6, 6.07) is 18.3. The van der Waals surface area contributed by atoms with Crippen molar-refractivity contribution in [2.24, 2.45) is 0 Å². The Hall–Kier alpha value is -2.57. The molecule has 0 unspecified atom stereocenters. The highest BCUT2D eigenvalue weighted by Crippen LogP contribution is 2.30. The molecular weight excluding hydrogens is 396 g/mol. The van der Waals surface area contributed by atoms with E-state index in [1.165, 1.54) is 16.4 Å². The lowest BCUT2D eigenvalue weighted by Gasteiger charge is -2.21. The van der Waals surface area contributed by atoms with Gasteiger partial charge in [-0.05, 0) is 49.2 Å². The Morgan fingerprint density at radius 2 is 1.73 bits per heavy atom. The number of nitrogens with zero attached hydrogens (tertiary/aromatic N) is 2. The SMILES string of the molecule is CCCCS(=O)(=O)N(Cc1ccc2c(c1)c1ccccc1n2CC)Cc1ccco1. The number of para-hydroxylation sites is 1. The molecule has 0 N–H and O–H groups in total. The van der Waals surface area contributed by atoms with Crippen molar-refractivity contribution in [2.75, 3.05) is 5.75 Å². The van der Waals surface area contributed by atoms with Crippen LogP contribution in [-0.4, -0.2) is 23.0 Å². The van der Waals surface area contributed by atoms with Gasteiger partial charge in [0.25, 0.3) is 0 Å². The minimum atomic E-state index is -3.39. The molecule has 0 aliphatic heterocycles. The monoisotopic (exact) mass is 424 g/mol. The summed E-state index contributed by atoms with van der Waals surface area (Å²) in [5.74, 6) is 0.806. The zero-order chi connectivity index (χ0) is 21.1. The van der Waals surface area contributed by atoms with Crippen LogP contribution in [0.5, 0.6) is 0 Å². The maximum Gasteiger partial charge on any atom is 0.214 e. The summed E-state index contributed by atoms with van der Waals surface area (Å²) in [7, 11) is -3.39. The van der Waals surface area contributed by atoms with E-state index in [1.54, 1.807) is 16.6 Å². The van der Waals surface area contributed by atoms with E-state index < -0.39 is 10.0 Å². The first kappa shape index (κ1) is 20.7. The van der Waals surface area contributed by atoms with E-state index >= 15 is 0 Å². The van der Waals surface area contributed by atoms with Crippen LogP contribution in [0, 0.1) is 0 Å². The lowest BCUT2D eigenvalue weighted by Crippen LogP contribution is -2.32. The summed E-state index contributed by atoms with van der Waals surface area (Å²) in [5, 5.41) is 2.36. The lowest BCUT2D eigenvalue weighted by atomic mass is 10.1. The number of rotatable bonds is 9. The molecule has 0 saturated carbocycles. The van der Waals surface area contributed by atoms with Gasteiger partial charge in [-0.25, -0.2) is 8.42 Å². The van der Waals surface area contributed by atoms with Crippen molar-refractivity contribution >= 4 is 31.8 Å². The third-order valence-electron chi connectivity index (χ3n) is 5.57. The molecule has 6 heteroatoms. The van der Waals surface area contributed by atoms with Crippen LogP contribution in [-0.2, 0) is 29.7 Å². The quantitative estimate of drug-likeness (QED) is 0.354. The molecule has 4 aromatic rings. The Balaban J connectivity index is 1.72. The van der Waals surface area contributed by atoms with Crippen LogP contribution < -0.4 is 0 Å². The van der Waals surface area contributed by atoms with Crippen LogP contribution in [0.4, 0.5) is 0 Å². The van der Waals surface area contributed by atoms with Crippen molar-refractivity contribution in [1.82, 2.24) is 8.87 Å².